The summed E-state index contributed by atoms with van der Waals surface area (Å²) < 4.78 is 5.19. The Kier molecular flexibility index (Phi) is 4.95. The van der Waals surface area contributed by atoms with Gasteiger partial charge in [-0.05, 0) is 24.7 Å². The van der Waals surface area contributed by atoms with Crippen LogP contribution in [0, 0.1) is 11.3 Å². The fourth-order valence-corrected chi connectivity index (χ4v) is 2.22. The van der Waals surface area contributed by atoms with Crippen molar-refractivity contribution in [1.29, 1.82) is 0 Å². The van der Waals surface area contributed by atoms with E-state index in [0.29, 0.717) is 12.6 Å². The van der Waals surface area contributed by atoms with E-state index in [0.717, 1.165) is 19.3 Å². The molecule has 1 amide bonds. The lowest BCUT2D eigenvalue weighted by molar-refractivity contribution is -0.128. The molecule has 0 aliphatic heterocycles. The average Bonchev–Trinajstić information content (AvgIpc) is 2.17. The summed E-state index contributed by atoms with van der Waals surface area (Å²) in [7, 11) is 1.71. The third kappa shape index (κ3) is 4.64. The zero-order valence-corrected chi connectivity index (χ0v) is 11.5. The summed E-state index contributed by atoms with van der Waals surface area (Å²) in [5.74, 6) is 0.0265. The first-order valence-electron chi connectivity index (χ1n) is 6.39. The van der Waals surface area contributed by atoms with Crippen LogP contribution in [0.3, 0.4) is 0 Å². The number of hydrogen-bond donors (Lipinski definition) is 2. The summed E-state index contributed by atoms with van der Waals surface area (Å²) in [5.41, 5.74) is 5.82. The second-order valence-corrected chi connectivity index (χ2v) is 6.23. The summed E-state index contributed by atoms with van der Waals surface area (Å²) >= 11 is 0. The SMILES string of the molecule is COC1CC(NC(=O)C(CN)CC(C)(C)C)C1. The molecule has 3 N–H and O–H groups in total. The molecule has 4 nitrogen and oxygen atoms in total. The third-order valence-corrected chi connectivity index (χ3v) is 3.29. The smallest absolute Gasteiger partial charge is 0.224 e. The first-order chi connectivity index (χ1) is 7.85. The van der Waals surface area contributed by atoms with Crippen molar-refractivity contribution in [3.8, 4) is 0 Å². The predicted octanol–water partition coefficient (Wildman–Crippen LogP) is 1.29. The van der Waals surface area contributed by atoms with Gasteiger partial charge >= 0.3 is 0 Å². The van der Waals surface area contributed by atoms with Crippen molar-refractivity contribution in [1.82, 2.24) is 5.32 Å². The van der Waals surface area contributed by atoms with Crippen LogP contribution in [0.4, 0.5) is 0 Å². The van der Waals surface area contributed by atoms with E-state index in [1.807, 2.05) is 0 Å². The molecule has 1 atom stereocenters. The second-order valence-electron chi connectivity index (χ2n) is 6.23. The van der Waals surface area contributed by atoms with E-state index in [9.17, 15) is 4.79 Å². The third-order valence-electron chi connectivity index (χ3n) is 3.29. The monoisotopic (exact) mass is 242 g/mol. The second kappa shape index (κ2) is 5.83. The first kappa shape index (κ1) is 14.5. The average molecular weight is 242 g/mol. The molecular formula is C13H26N2O2. The molecule has 1 aliphatic carbocycles. The van der Waals surface area contributed by atoms with Gasteiger partial charge in [-0.15, -0.1) is 0 Å². The Balaban J connectivity index is 2.35. The Labute approximate surface area is 104 Å². The van der Waals surface area contributed by atoms with Crippen LogP contribution in [0.15, 0.2) is 0 Å². The van der Waals surface area contributed by atoms with Gasteiger partial charge in [0, 0.05) is 19.7 Å². The van der Waals surface area contributed by atoms with E-state index in [4.69, 9.17) is 10.5 Å². The fraction of sp³-hybridized carbons (Fsp3) is 0.923. The summed E-state index contributed by atoms with van der Waals surface area (Å²) in [5, 5.41) is 3.06. The number of carbonyl (C=O) groups is 1. The minimum absolute atomic E-state index is 0.0726. The van der Waals surface area contributed by atoms with Gasteiger partial charge in [0.15, 0.2) is 0 Å². The summed E-state index contributed by atoms with van der Waals surface area (Å²) in [6.07, 6.45) is 3.00. The zero-order chi connectivity index (χ0) is 13.1. The van der Waals surface area contributed by atoms with E-state index < -0.39 is 0 Å². The van der Waals surface area contributed by atoms with Crippen LogP contribution >= 0.6 is 0 Å². The van der Waals surface area contributed by atoms with Crippen molar-refractivity contribution in [3.05, 3.63) is 0 Å². The van der Waals surface area contributed by atoms with Gasteiger partial charge in [-0.3, -0.25) is 4.79 Å². The number of carbonyl (C=O) groups excluding carboxylic acids is 1. The molecule has 1 fully saturated rings. The molecular weight excluding hydrogens is 216 g/mol. The highest BCUT2D eigenvalue weighted by molar-refractivity contribution is 5.79. The van der Waals surface area contributed by atoms with Crippen LogP contribution in [0.2, 0.25) is 0 Å². The molecule has 0 aromatic rings. The minimum atomic E-state index is -0.0726. The Morgan fingerprint density at radius 2 is 2.06 bits per heavy atom. The number of nitrogens with one attached hydrogen (secondary N) is 1. The number of hydrogen-bond acceptors (Lipinski definition) is 3. The molecule has 1 saturated carbocycles. The molecule has 0 aromatic heterocycles. The zero-order valence-electron chi connectivity index (χ0n) is 11.5. The molecule has 0 radical (unpaired) electrons. The van der Waals surface area contributed by atoms with Gasteiger partial charge in [0.1, 0.15) is 0 Å². The van der Waals surface area contributed by atoms with E-state index in [1.54, 1.807) is 7.11 Å². The van der Waals surface area contributed by atoms with E-state index >= 15 is 0 Å². The number of nitrogens with two attached hydrogens (primary N) is 1. The maximum atomic E-state index is 12.0. The highest BCUT2D eigenvalue weighted by Crippen LogP contribution is 2.26. The van der Waals surface area contributed by atoms with Gasteiger partial charge < -0.3 is 15.8 Å². The van der Waals surface area contributed by atoms with Crippen LogP contribution in [0.25, 0.3) is 0 Å². The lowest BCUT2D eigenvalue weighted by atomic mass is 9.83. The topological polar surface area (TPSA) is 64.3 Å². The molecule has 1 aliphatic rings. The molecule has 0 heterocycles. The van der Waals surface area contributed by atoms with Gasteiger partial charge in [0.05, 0.1) is 12.0 Å². The van der Waals surface area contributed by atoms with Crippen molar-refractivity contribution in [2.45, 2.75) is 52.2 Å². The van der Waals surface area contributed by atoms with Crippen molar-refractivity contribution in [2.24, 2.45) is 17.1 Å². The predicted molar refractivity (Wildman–Crippen MR) is 68.6 cm³/mol. The minimum Gasteiger partial charge on any atom is -0.381 e. The van der Waals surface area contributed by atoms with E-state index in [2.05, 4.69) is 26.1 Å². The van der Waals surface area contributed by atoms with Crippen LogP contribution in [-0.4, -0.2) is 31.7 Å². The lowest BCUT2D eigenvalue weighted by Gasteiger charge is -2.36. The van der Waals surface area contributed by atoms with Gasteiger partial charge in [0.25, 0.3) is 0 Å². The molecule has 1 rings (SSSR count). The molecule has 100 valence electrons. The Hall–Kier alpha value is -0.610. The van der Waals surface area contributed by atoms with Crippen molar-refractivity contribution < 1.29 is 9.53 Å². The molecule has 0 saturated heterocycles. The molecule has 4 heteroatoms. The van der Waals surface area contributed by atoms with E-state index in [1.165, 1.54) is 0 Å². The largest absolute Gasteiger partial charge is 0.381 e. The van der Waals surface area contributed by atoms with Crippen molar-refractivity contribution in [3.63, 3.8) is 0 Å². The standard InChI is InChI=1S/C13H26N2O2/c1-13(2,3)7-9(8-14)12(16)15-10-5-11(6-10)17-4/h9-11H,5-8,14H2,1-4H3,(H,15,16). The first-order valence-corrected chi connectivity index (χ1v) is 6.39. The Morgan fingerprint density at radius 3 is 2.47 bits per heavy atom. The highest BCUT2D eigenvalue weighted by atomic mass is 16.5. The Bertz CT molecular complexity index is 255. The lowest BCUT2D eigenvalue weighted by Crippen LogP contribution is -2.50. The van der Waals surface area contributed by atoms with E-state index in [-0.39, 0.29) is 23.3 Å². The number of amides is 1. The van der Waals surface area contributed by atoms with Gasteiger partial charge in [-0.2, -0.15) is 0 Å². The summed E-state index contributed by atoms with van der Waals surface area (Å²) in [6, 6.07) is 0.279. The quantitative estimate of drug-likeness (QED) is 0.763. The number of methoxy groups -OCH3 is 1. The normalized spacial score (nSPS) is 26.2. The molecule has 0 bridgehead atoms. The fourth-order valence-electron chi connectivity index (χ4n) is 2.22. The van der Waals surface area contributed by atoms with Crippen LogP contribution < -0.4 is 11.1 Å². The summed E-state index contributed by atoms with van der Waals surface area (Å²) in [4.78, 5) is 12.0. The molecule has 0 aromatic carbocycles. The maximum absolute atomic E-state index is 12.0. The van der Waals surface area contributed by atoms with Crippen LogP contribution in [0.5, 0.6) is 0 Å². The number of rotatable bonds is 5. The molecule has 1 unspecified atom stereocenters. The molecule has 0 spiro atoms. The van der Waals surface area contributed by atoms with Gasteiger partial charge in [-0.25, -0.2) is 0 Å². The maximum Gasteiger partial charge on any atom is 0.224 e. The number of ether oxygens (including phenoxy) is 1. The van der Waals surface area contributed by atoms with Gasteiger partial charge in [-0.1, -0.05) is 20.8 Å². The van der Waals surface area contributed by atoms with Crippen molar-refractivity contribution in [2.75, 3.05) is 13.7 Å². The van der Waals surface area contributed by atoms with Crippen LogP contribution in [-0.2, 0) is 9.53 Å². The van der Waals surface area contributed by atoms with Gasteiger partial charge in [0.2, 0.25) is 5.91 Å². The highest BCUT2D eigenvalue weighted by Gasteiger charge is 2.32. The summed E-state index contributed by atoms with van der Waals surface area (Å²) in [6.45, 7) is 6.82. The van der Waals surface area contributed by atoms with Crippen molar-refractivity contribution >= 4 is 5.91 Å². The Morgan fingerprint density at radius 1 is 1.47 bits per heavy atom. The molecule has 17 heavy (non-hydrogen) atoms. The van der Waals surface area contributed by atoms with Crippen LogP contribution in [0.1, 0.15) is 40.0 Å².